The van der Waals surface area contributed by atoms with Gasteiger partial charge in [0, 0.05) is 17.9 Å². The van der Waals surface area contributed by atoms with E-state index in [0.29, 0.717) is 6.42 Å². The maximum atomic E-state index is 12.0. The number of aliphatic carboxylic acids is 1. The van der Waals surface area contributed by atoms with Crippen LogP contribution in [-0.2, 0) is 9.59 Å². The minimum atomic E-state index is -0.826. The third-order valence-corrected chi connectivity index (χ3v) is 3.07. The van der Waals surface area contributed by atoms with Gasteiger partial charge in [0.2, 0.25) is 5.91 Å². The average molecular weight is 239 g/mol. The molecule has 2 N–H and O–H groups in total. The van der Waals surface area contributed by atoms with Crippen LogP contribution in [0.15, 0.2) is 12.2 Å². The lowest BCUT2D eigenvalue weighted by Gasteiger charge is -2.28. The van der Waals surface area contributed by atoms with Gasteiger partial charge in [0.15, 0.2) is 0 Å². The molecule has 0 fully saturated rings. The molecule has 0 aromatic carbocycles. The number of carbonyl (C=O) groups excluding carboxylic acids is 1. The standard InChI is InChI=1S/C13H21NO3/c1-13(2,9-8-11(15)16)14-12(17)10-6-4-3-5-7-10/h3-4,10H,5-9H2,1-2H3,(H,14,17)(H,15,16). The van der Waals surface area contributed by atoms with Crippen molar-refractivity contribution in [2.75, 3.05) is 0 Å². The Bertz CT molecular complexity index is 321. The number of carbonyl (C=O) groups is 2. The summed E-state index contributed by atoms with van der Waals surface area (Å²) in [4.78, 5) is 22.5. The van der Waals surface area contributed by atoms with Crippen LogP contribution in [0.3, 0.4) is 0 Å². The zero-order valence-electron chi connectivity index (χ0n) is 10.5. The number of amides is 1. The molecule has 0 spiro atoms. The molecule has 1 rings (SSSR count). The maximum Gasteiger partial charge on any atom is 0.303 e. The highest BCUT2D eigenvalue weighted by atomic mass is 16.4. The van der Waals surface area contributed by atoms with Crippen LogP contribution < -0.4 is 5.32 Å². The summed E-state index contributed by atoms with van der Waals surface area (Å²) in [6, 6.07) is 0. The second kappa shape index (κ2) is 5.84. The molecule has 0 bridgehead atoms. The number of carboxylic acid groups (broad SMARTS) is 1. The lowest BCUT2D eigenvalue weighted by Crippen LogP contribution is -2.46. The first-order chi connectivity index (χ1) is 7.91. The smallest absolute Gasteiger partial charge is 0.303 e. The van der Waals surface area contributed by atoms with Crippen molar-refractivity contribution in [3.05, 3.63) is 12.2 Å². The fourth-order valence-corrected chi connectivity index (χ4v) is 1.95. The summed E-state index contributed by atoms with van der Waals surface area (Å²) in [5, 5.41) is 11.6. The van der Waals surface area contributed by atoms with Crippen LogP contribution in [0, 0.1) is 5.92 Å². The van der Waals surface area contributed by atoms with Crippen LogP contribution in [0.1, 0.15) is 46.0 Å². The lowest BCUT2D eigenvalue weighted by atomic mass is 9.91. The summed E-state index contributed by atoms with van der Waals surface area (Å²) in [6.45, 7) is 3.74. The number of nitrogens with one attached hydrogen (secondary N) is 1. The molecule has 0 saturated heterocycles. The Labute approximate surface area is 102 Å². The van der Waals surface area contributed by atoms with Crippen molar-refractivity contribution in [2.45, 2.75) is 51.5 Å². The van der Waals surface area contributed by atoms with E-state index in [0.717, 1.165) is 19.3 Å². The van der Waals surface area contributed by atoms with Gasteiger partial charge in [-0.05, 0) is 39.5 Å². The van der Waals surface area contributed by atoms with Crippen molar-refractivity contribution in [1.82, 2.24) is 5.32 Å². The maximum absolute atomic E-state index is 12.0. The van der Waals surface area contributed by atoms with E-state index < -0.39 is 11.5 Å². The summed E-state index contributed by atoms with van der Waals surface area (Å²) in [6.07, 6.45) is 7.30. The predicted molar refractivity (Wildman–Crippen MR) is 65.6 cm³/mol. The number of rotatable bonds is 5. The second-order valence-electron chi connectivity index (χ2n) is 5.25. The van der Waals surface area contributed by atoms with E-state index in [2.05, 4.69) is 11.4 Å². The van der Waals surface area contributed by atoms with E-state index in [1.807, 2.05) is 19.9 Å². The number of hydrogen-bond acceptors (Lipinski definition) is 2. The Hall–Kier alpha value is -1.32. The minimum Gasteiger partial charge on any atom is -0.481 e. The third-order valence-electron chi connectivity index (χ3n) is 3.07. The molecule has 0 radical (unpaired) electrons. The molecule has 0 aromatic rings. The van der Waals surface area contributed by atoms with E-state index in [1.165, 1.54) is 0 Å². The van der Waals surface area contributed by atoms with Crippen molar-refractivity contribution in [3.63, 3.8) is 0 Å². The SMILES string of the molecule is CC(C)(CCC(=O)O)NC(=O)C1CC=CCC1. The normalized spacial score (nSPS) is 20.0. The van der Waals surface area contributed by atoms with E-state index in [-0.39, 0.29) is 18.2 Å². The van der Waals surface area contributed by atoms with Gasteiger partial charge in [0.25, 0.3) is 0 Å². The highest BCUT2D eigenvalue weighted by Crippen LogP contribution is 2.20. The quantitative estimate of drug-likeness (QED) is 0.722. The Balaban J connectivity index is 2.42. The first-order valence-corrected chi connectivity index (χ1v) is 6.09. The molecular formula is C13H21NO3. The van der Waals surface area contributed by atoms with Crippen LogP contribution in [0.25, 0.3) is 0 Å². The van der Waals surface area contributed by atoms with Crippen LogP contribution in [0.2, 0.25) is 0 Å². The van der Waals surface area contributed by atoms with Gasteiger partial charge in [-0.25, -0.2) is 0 Å². The minimum absolute atomic E-state index is 0.0455. The zero-order valence-corrected chi connectivity index (χ0v) is 10.5. The molecular weight excluding hydrogens is 218 g/mol. The Morgan fingerprint density at radius 3 is 2.65 bits per heavy atom. The van der Waals surface area contributed by atoms with Crippen molar-refractivity contribution in [1.29, 1.82) is 0 Å². The summed E-state index contributed by atoms with van der Waals surface area (Å²) in [7, 11) is 0. The Morgan fingerprint density at radius 2 is 2.12 bits per heavy atom. The van der Waals surface area contributed by atoms with Crippen molar-refractivity contribution >= 4 is 11.9 Å². The van der Waals surface area contributed by atoms with Gasteiger partial charge < -0.3 is 10.4 Å². The average Bonchev–Trinajstić information content (AvgIpc) is 2.27. The molecule has 0 saturated carbocycles. The number of carboxylic acids is 1. The highest BCUT2D eigenvalue weighted by molar-refractivity contribution is 5.79. The van der Waals surface area contributed by atoms with Crippen molar-refractivity contribution < 1.29 is 14.7 Å². The van der Waals surface area contributed by atoms with E-state index in [4.69, 9.17) is 5.11 Å². The lowest BCUT2D eigenvalue weighted by molar-refractivity contribution is -0.138. The molecule has 1 amide bonds. The van der Waals surface area contributed by atoms with E-state index in [1.54, 1.807) is 0 Å². The molecule has 0 heterocycles. The summed E-state index contributed by atoms with van der Waals surface area (Å²) in [5.41, 5.74) is -0.448. The van der Waals surface area contributed by atoms with Gasteiger partial charge in [-0.15, -0.1) is 0 Å². The van der Waals surface area contributed by atoms with Gasteiger partial charge >= 0.3 is 5.97 Å². The molecule has 96 valence electrons. The van der Waals surface area contributed by atoms with Crippen molar-refractivity contribution in [3.8, 4) is 0 Å². The first-order valence-electron chi connectivity index (χ1n) is 6.09. The fraction of sp³-hybridized carbons (Fsp3) is 0.692. The molecule has 0 aliphatic heterocycles. The zero-order chi connectivity index (χ0) is 12.9. The summed E-state index contributed by atoms with van der Waals surface area (Å²) >= 11 is 0. The molecule has 1 aliphatic rings. The van der Waals surface area contributed by atoms with Crippen LogP contribution in [0.5, 0.6) is 0 Å². The van der Waals surface area contributed by atoms with Gasteiger partial charge in [-0.1, -0.05) is 12.2 Å². The van der Waals surface area contributed by atoms with Gasteiger partial charge in [0.1, 0.15) is 0 Å². The largest absolute Gasteiger partial charge is 0.481 e. The van der Waals surface area contributed by atoms with E-state index >= 15 is 0 Å². The molecule has 0 aromatic heterocycles. The van der Waals surface area contributed by atoms with Crippen LogP contribution >= 0.6 is 0 Å². The first kappa shape index (κ1) is 13.7. The molecule has 17 heavy (non-hydrogen) atoms. The van der Waals surface area contributed by atoms with Gasteiger partial charge in [-0.3, -0.25) is 9.59 Å². The summed E-state index contributed by atoms with van der Waals surface area (Å²) in [5.74, 6) is -0.734. The Morgan fingerprint density at radius 1 is 1.41 bits per heavy atom. The fourth-order valence-electron chi connectivity index (χ4n) is 1.95. The monoisotopic (exact) mass is 239 g/mol. The third kappa shape index (κ3) is 5.02. The summed E-state index contributed by atoms with van der Waals surface area (Å²) < 4.78 is 0. The molecule has 4 heteroatoms. The van der Waals surface area contributed by atoms with Crippen LogP contribution in [0.4, 0.5) is 0 Å². The predicted octanol–water partition coefficient (Wildman–Crippen LogP) is 2.10. The molecule has 1 atom stereocenters. The number of allylic oxidation sites excluding steroid dienone is 2. The highest BCUT2D eigenvalue weighted by Gasteiger charge is 2.26. The molecule has 4 nitrogen and oxygen atoms in total. The molecule has 1 unspecified atom stereocenters. The van der Waals surface area contributed by atoms with Crippen LogP contribution in [-0.4, -0.2) is 22.5 Å². The van der Waals surface area contributed by atoms with Gasteiger partial charge in [0.05, 0.1) is 0 Å². The van der Waals surface area contributed by atoms with E-state index in [9.17, 15) is 9.59 Å². The van der Waals surface area contributed by atoms with Crippen molar-refractivity contribution in [2.24, 2.45) is 5.92 Å². The molecule has 1 aliphatic carbocycles. The number of hydrogen-bond donors (Lipinski definition) is 2. The van der Waals surface area contributed by atoms with Gasteiger partial charge in [-0.2, -0.15) is 0 Å². The second-order valence-corrected chi connectivity index (χ2v) is 5.25. The Kier molecular flexibility index (Phi) is 4.73. The topological polar surface area (TPSA) is 66.4 Å².